The second-order valence-electron chi connectivity index (χ2n) is 10.6. The lowest BCUT2D eigenvalue weighted by atomic mass is 10.0. The molecule has 4 nitrogen and oxygen atoms in total. The summed E-state index contributed by atoms with van der Waals surface area (Å²) in [5, 5.41) is 10.00. The number of aromatic amines is 2. The fraction of sp³-hybridized carbons (Fsp3) is 0. The lowest BCUT2D eigenvalue weighted by Crippen LogP contribution is -2.26. The van der Waals surface area contributed by atoms with E-state index in [1.165, 1.54) is 43.1 Å². The summed E-state index contributed by atoms with van der Waals surface area (Å²) in [6, 6.07) is 39.1. The fourth-order valence-electron chi connectivity index (χ4n) is 6.58. The molecule has 0 atom stereocenters. The molecule has 9 rings (SSSR count). The maximum Gasteiger partial charge on any atom is 0.355 e. The van der Waals surface area contributed by atoms with Crippen molar-refractivity contribution in [3.8, 4) is 22.5 Å². The summed E-state index contributed by atoms with van der Waals surface area (Å²) >= 11 is 2.43. The Labute approximate surface area is 248 Å². The fourth-order valence-corrected chi connectivity index (χ4v) is 7.35. The van der Waals surface area contributed by atoms with E-state index in [0.29, 0.717) is 0 Å². The molecule has 3 heterocycles. The van der Waals surface area contributed by atoms with Crippen LogP contribution in [0.5, 0.6) is 0 Å². The zero-order valence-electron chi connectivity index (χ0n) is 21.8. The highest BCUT2D eigenvalue weighted by molar-refractivity contribution is 14.1. The average Bonchev–Trinajstić information content (AvgIpc) is 3.60. The van der Waals surface area contributed by atoms with E-state index >= 15 is 0 Å². The normalized spacial score (nSPS) is 12.0. The summed E-state index contributed by atoms with van der Waals surface area (Å²) in [5.74, 6) is 0. The summed E-state index contributed by atoms with van der Waals surface area (Å²) in [6.07, 6.45) is 3.93. The molecule has 0 unspecified atom stereocenters. The molecular formula is C36H22IN4+. The first-order valence-electron chi connectivity index (χ1n) is 13.7. The van der Waals surface area contributed by atoms with Crippen molar-refractivity contribution in [2.24, 2.45) is 0 Å². The molecule has 9 aromatic rings. The van der Waals surface area contributed by atoms with Crippen LogP contribution in [0.2, 0.25) is 0 Å². The molecule has 41 heavy (non-hydrogen) atoms. The highest BCUT2D eigenvalue weighted by atomic mass is 127. The molecule has 192 valence electrons. The van der Waals surface area contributed by atoms with Crippen LogP contribution in [0.3, 0.4) is 0 Å². The second-order valence-corrected chi connectivity index (χ2v) is 11.5. The molecule has 0 aliphatic rings. The third kappa shape index (κ3) is 3.27. The van der Waals surface area contributed by atoms with Gasteiger partial charge in [-0.2, -0.15) is 0 Å². The number of nitrogens with one attached hydrogen (secondary N) is 2. The zero-order valence-corrected chi connectivity index (χ0v) is 24.0. The molecule has 0 spiro atoms. The van der Waals surface area contributed by atoms with Crippen molar-refractivity contribution in [2.45, 2.75) is 0 Å². The summed E-state index contributed by atoms with van der Waals surface area (Å²) in [5.41, 5.74) is 8.88. The Hall–Kier alpha value is -4.75. The van der Waals surface area contributed by atoms with Gasteiger partial charge in [-0.15, -0.1) is 2.78 Å². The largest absolute Gasteiger partial charge is 0.355 e. The minimum absolute atomic E-state index is 1.04. The van der Waals surface area contributed by atoms with Crippen LogP contribution in [0, 0.1) is 0 Å². The lowest BCUT2D eigenvalue weighted by Gasteiger charge is -2.06. The molecular weight excluding hydrogens is 615 g/mol. The zero-order chi connectivity index (χ0) is 27.1. The van der Waals surface area contributed by atoms with Crippen molar-refractivity contribution < 1.29 is 2.78 Å². The van der Waals surface area contributed by atoms with E-state index < -0.39 is 0 Å². The SMILES string of the molecule is I[n+]1c(-c2cccc3c2[nH]c2ccc4ccccc4c23)cncc1-c1cccc2c1[nH]c1ccc3ccccc3c12. The van der Waals surface area contributed by atoms with E-state index in [1.807, 2.05) is 12.4 Å². The third-order valence-electron chi connectivity index (χ3n) is 8.41. The number of rotatable bonds is 2. The summed E-state index contributed by atoms with van der Waals surface area (Å²) in [4.78, 5) is 12.2. The number of nitrogens with zero attached hydrogens (tertiary/aromatic N) is 2. The van der Waals surface area contributed by atoms with E-state index in [1.54, 1.807) is 0 Å². The van der Waals surface area contributed by atoms with Gasteiger partial charge in [-0.25, -0.2) is 0 Å². The smallest absolute Gasteiger partial charge is 0.354 e. The number of aromatic nitrogens is 4. The number of halogens is 1. The maximum absolute atomic E-state index is 4.77. The van der Waals surface area contributed by atoms with Gasteiger partial charge in [0.25, 0.3) is 0 Å². The van der Waals surface area contributed by atoms with Crippen molar-refractivity contribution in [3.63, 3.8) is 0 Å². The van der Waals surface area contributed by atoms with Gasteiger partial charge in [-0.1, -0.05) is 84.9 Å². The monoisotopic (exact) mass is 637 g/mol. The molecule has 3 aromatic heterocycles. The van der Waals surface area contributed by atoms with E-state index in [0.717, 1.165) is 44.6 Å². The van der Waals surface area contributed by atoms with Crippen LogP contribution in [0.25, 0.3) is 87.7 Å². The van der Waals surface area contributed by atoms with Crippen molar-refractivity contribution in [1.82, 2.24) is 15.0 Å². The summed E-state index contributed by atoms with van der Waals surface area (Å²) < 4.78 is 2.24. The van der Waals surface area contributed by atoms with Crippen LogP contribution in [0.1, 0.15) is 0 Å². The van der Waals surface area contributed by atoms with Crippen LogP contribution in [0.4, 0.5) is 0 Å². The first kappa shape index (κ1) is 23.0. The summed E-state index contributed by atoms with van der Waals surface area (Å²) in [6.45, 7) is 0. The average molecular weight is 638 g/mol. The Morgan fingerprint density at radius 3 is 1.46 bits per heavy atom. The number of hydrogen-bond donors (Lipinski definition) is 2. The summed E-state index contributed by atoms with van der Waals surface area (Å²) in [7, 11) is 0. The molecule has 0 aliphatic heterocycles. The van der Waals surface area contributed by atoms with Crippen LogP contribution >= 0.6 is 22.9 Å². The number of benzene rings is 6. The Morgan fingerprint density at radius 1 is 0.488 bits per heavy atom. The molecule has 5 heteroatoms. The van der Waals surface area contributed by atoms with Crippen molar-refractivity contribution >= 4 is 88.0 Å². The quantitative estimate of drug-likeness (QED) is 0.182. The molecule has 0 saturated heterocycles. The van der Waals surface area contributed by atoms with E-state index in [9.17, 15) is 0 Å². The standard InChI is InChI=1S/C36H21IN4/c37-41-31(25-11-5-13-27-33-23-9-3-1-7-21(23)15-17-29(33)39-35(25)27)19-38-20-32(41)26-12-6-14-28-34-24-10-4-2-8-22(24)16-18-30(34)40-36(26)28/h1-20H,(H,39,40)/p+1. The van der Waals surface area contributed by atoms with Gasteiger partial charge in [-0.05, 0) is 45.8 Å². The Bertz CT molecular complexity index is 2330. The first-order valence-corrected chi connectivity index (χ1v) is 14.6. The predicted molar refractivity (Wildman–Crippen MR) is 178 cm³/mol. The van der Waals surface area contributed by atoms with Gasteiger partial charge in [0.15, 0.2) is 0 Å². The highest BCUT2D eigenvalue weighted by Crippen LogP contribution is 2.38. The third-order valence-corrected chi connectivity index (χ3v) is 9.45. The van der Waals surface area contributed by atoms with Crippen molar-refractivity contribution in [1.29, 1.82) is 0 Å². The molecule has 0 saturated carbocycles. The van der Waals surface area contributed by atoms with Crippen molar-refractivity contribution in [2.75, 3.05) is 0 Å². The van der Waals surface area contributed by atoms with E-state index in [2.05, 4.69) is 145 Å². The van der Waals surface area contributed by atoms with Gasteiger partial charge in [0, 0.05) is 32.6 Å². The van der Waals surface area contributed by atoms with Crippen molar-refractivity contribution in [3.05, 3.63) is 122 Å². The predicted octanol–water partition coefficient (Wildman–Crippen LogP) is 9.48. The van der Waals surface area contributed by atoms with Gasteiger partial charge in [0.1, 0.15) is 12.4 Å². The maximum atomic E-state index is 4.77. The molecule has 6 aromatic carbocycles. The first-order chi connectivity index (χ1) is 20.3. The Morgan fingerprint density at radius 2 is 0.951 bits per heavy atom. The number of H-pyrrole nitrogens is 2. The molecule has 0 bridgehead atoms. The van der Waals surface area contributed by atoms with Gasteiger partial charge < -0.3 is 9.97 Å². The topological polar surface area (TPSA) is 48.4 Å². The number of para-hydroxylation sites is 2. The lowest BCUT2D eigenvalue weighted by molar-refractivity contribution is -0.414. The van der Waals surface area contributed by atoms with Crippen LogP contribution in [0.15, 0.2) is 122 Å². The molecule has 0 radical (unpaired) electrons. The second kappa shape index (κ2) is 8.62. The van der Waals surface area contributed by atoms with Crippen LogP contribution in [-0.2, 0) is 0 Å². The van der Waals surface area contributed by atoms with Gasteiger partial charge in [-0.3, -0.25) is 4.98 Å². The van der Waals surface area contributed by atoms with Gasteiger partial charge in [0.2, 0.25) is 11.4 Å². The molecule has 0 fully saturated rings. The highest BCUT2D eigenvalue weighted by Gasteiger charge is 2.24. The minimum atomic E-state index is 1.04. The van der Waals surface area contributed by atoms with Crippen LogP contribution < -0.4 is 2.78 Å². The number of hydrogen-bond acceptors (Lipinski definition) is 1. The van der Waals surface area contributed by atoms with E-state index in [4.69, 9.17) is 4.98 Å². The van der Waals surface area contributed by atoms with E-state index in [-0.39, 0.29) is 0 Å². The molecule has 0 aliphatic carbocycles. The molecule has 2 N–H and O–H groups in total. The Balaban J connectivity index is 1.29. The number of fused-ring (bicyclic) bond motifs is 10. The van der Waals surface area contributed by atoms with Crippen LogP contribution in [-0.4, -0.2) is 15.0 Å². The molecule has 0 amide bonds. The van der Waals surface area contributed by atoms with Gasteiger partial charge in [0.05, 0.1) is 22.2 Å². The van der Waals surface area contributed by atoms with Gasteiger partial charge >= 0.3 is 22.9 Å². The Kier molecular flexibility index (Phi) is 4.84. The minimum Gasteiger partial charge on any atom is -0.354 e.